The highest BCUT2D eigenvalue weighted by atomic mass is 15.2. The van der Waals surface area contributed by atoms with Gasteiger partial charge >= 0.3 is 0 Å². The van der Waals surface area contributed by atoms with Crippen LogP contribution in [0.25, 0.3) is 12.2 Å². The smallest absolute Gasteiger partial charge is 0.0962 e. The number of aryl methyl sites for hydroxylation is 1. The van der Waals surface area contributed by atoms with Gasteiger partial charge in [-0.2, -0.15) is 0 Å². The van der Waals surface area contributed by atoms with Crippen molar-refractivity contribution in [3.63, 3.8) is 0 Å². The summed E-state index contributed by atoms with van der Waals surface area (Å²) >= 11 is 0. The SMILES string of the molecule is CC.CC.CN1CC(N)=Cc2ccccc21.Cc1ccc2c(c1)C=CC(N)N2C. The molecule has 158 valence electrons. The average Bonchev–Trinajstić information content (AvgIpc) is 2.74. The van der Waals surface area contributed by atoms with Gasteiger partial charge in [0.1, 0.15) is 0 Å². The van der Waals surface area contributed by atoms with Crippen LogP contribution in [0.2, 0.25) is 0 Å². The van der Waals surface area contributed by atoms with E-state index >= 15 is 0 Å². The Morgan fingerprint density at radius 1 is 0.897 bits per heavy atom. The van der Waals surface area contributed by atoms with E-state index in [1.807, 2.05) is 59.0 Å². The summed E-state index contributed by atoms with van der Waals surface area (Å²) in [5.74, 6) is 0. The van der Waals surface area contributed by atoms with Crippen LogP contribution in [0.4, 0.5) is 11.4 Å². The Bertz CT molecular complexity index is 823. The molecule has 4 nitrogen and oxygen atoms in total. The van der Waals surface area contributed by atoms with Gasteiger partial charge in [0, 0.05) is 31.2 Å². The number of likely N-dealkylation sites (N-methyl/N-ethyl adjacent to an activating group) is 2. The van der Waals surface area contributed by atoms with Gasteiger partial charge < -0.3 is 21.3 Å². The lowest BCUT2D eigenvalue weighted by molar-refractivity contribution is 0.782. The molecule has 0 bridgehead atoms. The maximum atomic E-state index is 5.87. The van der Waals surface area contributed by atoms with E-state index in [-0.39, 0.29) is 6.17 Å². The van der Waals surface area contributed by atoms with Crippen LogP contribution in [0, 0.1) is 6.92 Å². The van der Waals surface area contributed by atoms with Gasteiger partial charge in [-0.3, -0.25) is 0 Å². The fourth-order valence-electron chi connectivity index (χ4n) is 3.18. The monoisotopic (exact) mass is 394 g/mol. The topological polar surface area (TPSA) is 58.5 Å². The number of hydrogen-bond acceptors (Lipinski definition) is 4. The van der Waals surface area contributed by atoms with Crippen molar-refractivity contribution in [1.82, 2.24) is 0 Å². The van der Waals surface area contributed by atoms with Crippen LogP contribution in [-0.2, 0) is 0 Å². The molecule has 2 aromatic carbocycles. The number of para-hydroxylation sites is 1. The first-order valence-electron chi connectivity index (χ1n) is 10.5. The minimum absolute atomic E-state index is 0.00945. The molecule has 0 saturated heterocycles. The first kappa shape index (κ1) is 24.3. The summed E-state index contributed by atoms with van der Waals surface area (Å²) in [6.07, 6.45) is 6.15. The molecule has 29 heavy (non-hydrogen) atoms. The largest absolute Gasteiger partial charge is 0.401 e. The quantitative estimate of drug-likeness (QED) is 0.642. The van der Waals surface area contributed by atoms with Crippen LogP contribution in [0.15, 0.2) is 54.2 Å². The standard InChI is InChI=1S/C11H14N2.C10H12N2.2C2H6/c1-8-3-5-10-9(7-8)4-6-11(12)13(10)2;1-12-7-9(11)6-8-4-2-3-5-10(8)12;2*1-2/h3-7,11H,12H2,1-2H3;2-6H,7,11H2,1H3;2*1-2H3. The number of hydrogen-bond donors (Lipinski definition) is 2. The second-order valence-electron chi connectivity index (χ2n) is 6.66. The second-order valence-corrected chi connectivity index (χ2v) is 6.66. The van der Waals surface area contributed by atoms with Crippen molar-refractivity contribution in [3.8, 4) is 0 Å². The molecule has 0 amide bonds. The Kier molecular flexibility index (Phi) is 10.0. The van der Waals surface area contributed by atoms with E-state index in [1.54, 1.807) is 0 Å². The third kappa shape index (κ3) is 6.40. The minimum atomic E-state index is 0.00945. The van der Waals surface area contributed by atoms with Gasteiger partial charge in [0.15, 0.2) is 0 Å². The van der Waals surface area contributed by atoms with E-state index in [0.717, 1.165) is 12.2 Å². The lowest BCUT2D eigenvalue weighted by atomic mass is 10.0. The van der Waals surface area contributed by atoms with E-state index in [9.17, 15) is 0 Å². The molecule has 0 aromatic heterocycles. The van der Waals surface area contributed by atoms with Gasteiger partial charge in [0.25, 0.3) is 0 Å². The fourth-order valence-corrected chi connectivity index (χ4v) is 3.18. The van der Waals surface area contributed by atoms with Crippen LogP contribution in [0.5, 0.6) is 0 Å². The van der Waals surface area contributed by atoms with Crippen molar-refractivity contribution in [2.24, 2.45) is 11.5 Å². The molecule has 0 aliphatic carbocycles. The number of benzene rings is 2. The van der Waals surface area contributed by atoms with E-state index in [0.29, 0.717) is 0 Å². The van der Waals surface area contributed by atoms with Crippen LogP contribution in [0.3, 0.4) is 0 Å². The van der Waals surface area contributed by atoms with E-state index < -0.39 is 0 Å². The Balaban J connectivity index is 0.000000248. The predicted molar refractivity (Wildman–Crippen MR) is 131 cm³/mol. The van der Waals surface area contributed by atoms with E-state index in [4.69, 9.17) is 11.5 Å². The maximum absolute atomic E-state index is 5.87. The van der Waals surface area contributed by atoms with E-state index in [1.165, 1.54) is 28.1 Å². The summed E-state index contributed by atoms with van der Waals surface area (Å²) in [6, 6.07) is 14.7. The van der Waals surface area contributed by atoms with Gasteiger partial charge in [-0.05, 0) is 48.4 Å². The third-order valence-corrected chi connectivity index (χ3v) is 4.59. The third-order valence-electron chi connectivity index (χ3n) is 4.59. The van der Waals surface area contributed by atoms with Crippen molar-refractivity contribution >= 4 is 23.5 Å². The first-order chi connectivity index (χ1) is 14.0. The van der Waals surface area contributed by atoms with Crippen LogP contribution >= 0.6 is 0 Å². The molecule has 2 heterocycles. The molecule has 2 aromatic rings. The lowest BCUT2D eigenvalue weighted by Crippen LogP contribution is -2.39. The fraction of sp³-hybridized carbons (Fsp3) is 0.360. The molecule has 0 saturated carbocycles. The van der Waals surface area contributed by atoms with Gasteiger partial charge in [-0.25, -0.2) is 0 Å². The molecule has 4 rings (SSSR count). The van der Waals surface area contributed by atoms with Crippen molar-refractivity contribution in [2.75, 3.05) is 30.4 Å². The second kappa shape index (κ2) is 12.0. The highest BCUT2D eigenvalue weighted by Gasteiger charge is 2.14. The summed E-state index contributed by atoms with van der Waals surface area (Å²) < 4.78 is 0. The van der Waals surface area contributed by atoms with Crippen molar-refractivity contribution < 1.29 is 0 Å². The molecule has 4 N–H and O–H groups in total. The summed E-state index contributed by atoms with van der Waals surface area (Å²) in [5.41, 5.74) is 18.8. The van der Waals surface area contributed by atoms with Crippen LogP contribution in [-0.4, -0.2) is 26.8 Å². The highest BCUT2D eigenvalue weighted by Crippen LogP contribution is 2.27. The summed E-state index contributed by atoms with van der Waals surface area (Å²) in [7, 11) is 4.07. The number of nitrogens with two attached hydrogens (primary N) is 2. The Hall–Kier alpha value is -2.72. The summed E-state index contributed by atoms with van der Waals surface area (Å²) in [4.78, 5) is 4.24. The number of anilines is 2. The maximum Gasteiger partial charge on any atom is 0.0962 e. The molecule has 2 aliphatic heterocycles. The molecule has 1 unspecified atom stereocenters. The number of fused-ring (bicyclic) bond motifs is 2. The van der Waals surface area contributed by atoms with E-state index in [2.05, 4.69) is 60.2 Å². The lowest BCUT2D eigenvalue weighted by Gasteiger charge is -2.29. The molecule has 1 atom stereocenters. The zero-order chi connectivity index (χ0) is 22.0. The zero-order valence-electron chi connectivity index (χ0n) is 19.1. The molecule has 0 fully saturated rings. The molecule has 4 heteroatoms. The Morgan fingerprint density at radius 2 is 1.55 bits per heavy atom. The van der Waals surface area contributed by atoms with Crippen LogP contribution in [0.1, 0.15) is 44.4 Å². The van der Waals surface area contributed by atoms with Gasteiger partial charge in [-0.1, -0.05) is 63.6 Å². The molecular weight excluding hydrogens is 356 g/mol. The molecule has 0 radical (unpaired) electrons. The van der Waals surface area contributed by atoms with Crippen molar-refractivity contribution in [1.29, 1.82) is 0 Å². The zero-order valence-corrected chi connectivity index (χ0v) is 19.1. The van der Waals surface area contributed by atoms with Gasteiger partial charge in [-0.15, -0.1) is 0 Å². The first-order valence-corrected chi connectivity index (χ1v) is 10.5. The average molecular weight is 395 g/mol. The summed E-state index contributed by atoms with van der Waals surface area (Å²) in [6.45, 7) is 10.9. The van der Waals surface area contributed by atoms with Crippen LogP contribution < -0.4 is 21.3 Å². The molecule has 0 spiro atoms. The van der Waals surface area contributed by atoms with Crippen molar-refractivity contribution in [2.45, 2.75) is 40.8 Å². The van der Waals surface area contributed by atoms with Gasteiger partial charge in [0.05, 0.1) is 12.7 Å². The normalized spacial score (nSPS) is 15.9. The highest BCUT2D eigenvalue weighted by molar-refractivity contribution is 5.73. The number of rotatable bonds is 0. The predicted octanol–water partition coefficient (Wildman–Crippen LogP) is 5.23. The molecular formula is C25H38N4. The van der Waals surface area contributed by atoms with Gasteiger partial charge in [0.2, 0.25) is 0 Å². The Labute approximate surface area is 177 Å². The Morgan fingerprint density at radius 3 is 2.24 bits per heavy atom. The minimum Gasteiger partial charge on any atom is -0.401 e. The summed E-state index contributed by atoms with van der Waals surface area (Å²) in [5, 5.41) is 0. The number of nitrogens with zero attached hydrogens (tertiary/aromatic N) is 2. The van der Waals surface area contributed by atoms with Crippen molar-refractivity contribution in [3.05, 3.63) is 70.9 Å². The molecule has 2 aliphatic rings.